The molecule has 0 spiro atoms. The molecule has 0 bridgehead atoms. The van der Waals surface area contributed by atoms with Crippen LogP contribution in [-0.2, 0) is 6.54 Å². The Labute approximate surface area is 92.2 Å². The van der Waals surface area contributed by atoms with Crippen molar-refractivity contribution >= 4 is 6.21 Å². The molecule has 3 nitrogen and oxygen atoms in total. The van der Waals surface area contributed by atoms with E-state index >= 15 is 0 Å². The van der Waals surface area contributed by atoms with Crippen LogP contribution in [0.4, 0.5) is 4.39 Å². The average Bonchev–Trinajstić information content (AvgIpc) is 2.73. The van der Waals surface area contributed by atoms with Gasteiger partial charge in [-0.25, -0.2) is 4.39 Å². The first-order valence-corrected chi connectivity index (χ1v) is 5.16. The Morgan fingerprint density at radius 2 is 2.00 bits per heavy atom. The van der Waals surface area contributed by atoms with E-state index in [9.17, 15) is 4.39 Å². The summed E-state index contributed by atoms with van der Waals surface area (Å²) in [5, 5.41) is 4.45. The van der Waals surface area contributed by atoms with Crippen molar-refractivity contribution in [3.8, 4) is 11.3 Å². The van der Waals surface area contributed by atoms with Gasteiger partial charge in [0.15, 0.2) is 0 Å². The zero-order valence-corrected chi connectivity index (χ0v) is 8.60. The van der Waals surface area contributed by atoms with Gasteiger partial charge < -0.3 is 0 Å². The first-order chi connectivity index (χ1) is 7.83. The Kier molecular flexibility index (Phi) is 2.06. The Hall–Kier alpha value is -1.97. The standard InChI is InChI=1S/C12H10FN3/c13-10-3-1-9(2-4-10)12-7-11-8-14-5-6-16(11)15-12/h1-4,7-8H,5-6H2. The van der Waals surface area contributed by atoms with E-state index < -0.39 is 0 Å². The van der Waals surface area contributed by atoms with Crippen LogP contribution in [0.1, 0.15) is 5.69 Å². The van der Waals surface area contributed by atoms with Crippen LogP contribution in [0.25, 0.3) is 11.3 Å². The van der Waals surface area contributed by atoms with E-state index in [4.69, 9.17) is 0 Å². The summed E-state index contributed by atoms with van der Waals surface area (Å²) in [7, 11) is 0. The maximum atomic E-state index is 12.8. The lowest BCUT2D eigenvalue weighted by Crippen LogP contribution is -2.11. The fourth-order valence-corrected chi connectivity index (χ4v) is 1.79. The molecule has 0 N–H and O–H groups in total. The van der Waals surface area contributed by atoms with Crippen LogP contribution in [0, 0.1) is 5.82 Å². The first-order valence-electron chi connectivity index (χ1n) is 5.16. The van der Waals surface area contributed by atoms with Crippen molar-refractivity contribution < 1.29 is 4.39 Å². The lowest BCUT2D eigenvalue weighted by atomic mass is 10.1. The third-order valence-corrected chi connectivity index (χ3v) is 2.62. The highest BCUT2D eigenvalue weighted by atomic mass is 19.1. The molecule has 0 saturated carbocycles. The molecule has 1 aliphatic heterocycles. The summed E-state index contributed by atoms with van der Waals surface area (Å²) in [6.45, 7) is 1.59. The van der Waals surface area contributed by atoms with Gasteiger partial charge in [0, 0.05) is 11.8 Å². The van der Waals surface area contributed by atoms with Crippen LogP contribution < -0.4 is 0 Å². The second-order valence-electron chi connectivity index (χ2n) is 3.72. The monoisotopic (exact) mass is 215 g/mol. The third-order valence-electron chi connectivity index (χ3n) is 2.62. The topological polar surface area (TPSA) is 30.2 Å². The Balaban J connectivity index is 2.04. The molecule has 1 aromatic heterocycles. The second-order valence-corrected chi connectivity index (χ2v) is 3.72. The minimum Gasteiger partial charge on any atom is -0.289 e. The first kappa shape index (κ1) is 9.27. The van der Waals surface area contributed by atoms with Crippen LogP contribution in [-0.4, -0.2) is 22.5 Å². The van der Waals surface area contributed by atoms with E-state index in [0.717, 1.165) is 30.0 Å². The highest BCUT2D eigenvalue weighted by molar-refractivity contribution is 5.80. The van der Waals surface area contributed by atoms with Crippen molar-refractivity contribution in [2.45, 2.75) is 6.54 Å². The molecule has 4 heteroatoms. The van der Waals surface area contributed by atoms with E-state index in [2.05, 4.69) is 10.1 Å². The molecule has 0 radical (unpaired) electrons. The summed E-state index contributed by atoms with van der Waals surface area (Å²) in [5.41, 5.74) is 2.80. The molecule has 2 heterocycles. The fraction of sp³-hybridized carbons (Fsp3) is 0.167. The summed E-state index contributed by atoms with van der Waals surface area (Å²) in [6, 6.07) is 8.33. The van der Waals surface area contributed by atoms with Gasteiger partial charge in [-0.2, -0.15) is 5.10 Å². The SMILES string of the molecule is Fc1ccc(-c2cc3n(n2)CCN=C3)cc1. The van der Waals surface area contributed by atoms with Crippen molar-refractivity contribution in [3.05, 3.63) is 41.8 Å². The molecule has 80 valence electrons. The largest absolute Gasteiger partial charge is 0.289 e. The van der Waals surface area contributed by atoms with E-state index in [-0.39, 0.29) is 5.82 Å². The molecular formula is C12H10FN3. The van der Waals surface area contributed by atoms with E-state index in [0.29, 0.717) is 0 Å². The van der Waals surface area contributed by atoms with Crippen molar-refractivity contribution in [2.24, 2.45) is 4.99 Å². The number of hydrogen-bond acceptors (Lipinski definition) is 2. The van der Waals surface area contributed by atoms with Crippen LogP contribution in [0.15, 0.2) is 35.3 Å². The molecule has 3 rings (SSSR count). The zero-order valence-electron chi connectivity index (χ0n) is 8.60. The number of nitrogens with zero attached hydrogens (tertiary/aromatic N) is 3. The van der Waals surface area contributed by atoms with E-state index in [1.165, 1.54) is 12.1 Å². The van der Waals surface area contributed by atoms with Gasteiger partial charge in [0.25, 0.3) is 0 Å². The average molecular weight is 215 g/mol. The molecule has 1 aromatic carbocycles. The van der Waals surface area contributed by atoms with Gasteiger partial charge in [-0.15, -0.1) is 0 Å². The predicted molar refractivity (Wildman–Crippen MR) is 60.1 cm³/mol. The highest BCUT2D eigenvalue weighted by Crippen LogP contribution is 2.19. The maximum Gasteiger partial charge on any atom is 0.123 e. The summed E-state index contributed by atoms with van der Waals surface area (Å²) in [4.78, 5) is 4.19. The van der Waals surface area contributed by atoms with Gasteiger partial charge in [-0.05, 0) is 30.3 Å². The minimum atomic E-state index is -0.228. The van der Waals surface area contributed by atoms with Crippen molar-refractivity contribution in [1.82, 2.24) is 9.78 Å². The highest BCUT2D eigenvalue weighted by Gasteiger charge is 2.10. The molecule has 16 heavy (non-hydrogen) atoms. The van der Waals surface area contributed by atoms with Crippen molar-refractivity contribution in [1.29, 1.82) is 0 Å². The van der Waals surface area contributed by atoms with E-state index in [1.807, 2.05) is 17.0 Å². The molecule has 0 atom stereocenters. The number of fused-ring (bicyclic) bond motifs is 1. The molecule has 0 saturated heterocycles. The van der Waals surface area contributed by atoms with Crippen LogP contribution in [0.3, 0.4) is 0 Å². The predicted octanol–water partition coefficient (Wildman–Crippen LogP) is 2.12. The number of aromatic nitrogens is 2. The number of aliphatic imine (C=N–C) groups is 1. The van der Waals surface area contributed by atoms with Gasteiger partial charge in [-0.1, -0.05) is 0 Å². The van der Waals surface area contributed by atoms with Crippen LogP contribution >= 0.6 is 0 Å². The third kappa shape index (κ3) is 1.52. The summed E-state index contributed by atoms with van der Waals surface area (Å²) in [6.07, 6.45) is 1.82. The molecule has 0 amide bonds. The number of rotatable bonds is 1. The molecule has 0 aliphatic carbocycles. The number of hydrogen-bond donors (Lipinski definition) is 0. The molecule has 1 aliphatic rings. The summed E-state index contributed by atoms with van der Waals surface area (Å²) < 4.78 is 14.7. The van der Waals surface area contributed by atoms with Gasteiger partial charge in [0.05, 0.1) is 24.5 Å². The smallest absolute Gasteiger partial charge is 0.123 e. The van der Waals surface area contributed by atoms with Crippen LogP contribution in [0.2, 0.25) is 0 Å². The molecule has 2 aromatic rings. The van der Waals surface area contributed by atoms with Gasteiger partial charge >= 0.3 is 0 Å². The lowest BCUT2D eigenvalue weighted by Gasteiger charge is -2.05. The minimum absolute atomic E-state index is 0.228. The normalized spacial score (nSPS) is 13.8. The Morgan fingerprint density at radius 1 is 1.19 bits per heavy atom. The zero-order chi connectivity index (χ0) is 11.0. The van der Waals surface area contributed by atoms with Crippen molar-refractivity contribution in [3.63, 3.8) is 0 Å². The fourth-order valence-electron chi connectivity index (χ4n) is 1.79. The molecule has 0 unspecified atom stereocenters. The Bertz CT molecular complexity index is 540. The van der Waals surface area contributed by atoms with Gasteiger partial charge in [-0.3, -0.25) is 9.67 Å². The number of halogens is 1. The van der Waals surface area contributed by atoms with Gasteiger partial charge in [0.1, 0.15) is 5.82 Å². The van der Waals surface area contributed by atoms with Gasteiger partial charge in [0.2, 0.25) is 0 Å². The summed E-state index contributed by atoms with van der Waals surface area (Å²) >= 11 is 0. The quantitative estimate of drug-likeness (QED) is 0.716. The Morgan fingerprint density at radius 3 is 2.75 bits per heavy atom. The van der Waals surface area contributed by atoms with E-state index in [1.54, 1.807) is 12.1 Å². The second kappa shape index (κ2) is 3.56. The molecular weight excluding hydrogens is 205 g/mol. The van der Waals surface area contributed by atoms with Crippen LogP contribution in [0.5, 0.6) is 0 Å². The van der Waals surface area contributed by atoms with Crippen molar-refractivity contribution in [2.75, 3.05) is 6.54 Å². The summed E-state index contributed by atoms with van der Waals surface area (Å²) in [5.74, 6) is -0.228. The molecule has 0 fully saturated rings. The number of benzene rings is 1. The maximum absolute atomic E-state index is 12.8. The lowest BCUT2D eigenvalue weighted by molar-refractivity contribution is 0.612.